The van der Waals surface area contributed by atoms with Crippen LogP contribution in [-0.4, -0.2) is 25.8 Å². The molecule has 0 unspecified atom stereocenters. The Morgan fingerprint density at radius 2 is 2.11 bits per heavy atom. The lowest BCUT2D eigenvalue weighted by atomic mass is 10.2. The summed E-state index contributed by atoms with van der Waals surface area (Å²) in [6.45, 7) is 3.27. The minimum atomic E-state index is -0.303. The third-order valence-electron chi connectivity index (χ3n) is 2.31. The van der Waals surface area contributed by atoms with Crippen molar-refractivity contribution < 1.29 is 19.0 Å². The van der Waals surface area contributed by atoms with Crippen LogP contribution in [0.2, 0.25) is 0 Å². The van der Waals surface area contributed by atoms with Crippen LogP contribution in [0.5, 0.6) is 11.5 Å². The molecule has 18 heavy (non-hydrogen) atoms. The summed E-state index contributed by atoms with van der Waals surface area (Å²) in [5.74, 6) is 6.80. The predicted octanol–water partition coefficient (Wildman–Crippen LogP) is 1.76. The molecule has 0 bridgehead atoms. The number of fused-ring (bicyclic) bond motifs is 1. The highest BCUT2D eigenvalue weighted by Crippen LogP contribution is 2.30. The number of hydrogen-bond acceptors (Lipinski definition) is 4. The summed E-state index contributed by atoms with van der Waals surface area (Å²) < 4.78 is 15.6. The molecule has 0 amide bonds. The second-order valence-corrected chi connectivity index (χ2v) is 3.64. The Bertz CT molecular complexity index is 496. The van der Waals surface area contributed by atoms with Gasteiger partial charge in [0.2, 0.25) is 0 Å². The molecular weight excluding hydrogens is 232 g/mol. The molecule has 0 N–H and O–H groups in total. The topological polar surface area (TPSA) is 44.8 Å². The Balaban J connectivity index is 2.02. The average Bonchev–Trinajstić information content (AvgIpc) is 2.39. The molecule has 0 saturated carbocycles. The van der Waals surface area contributed by atoms with Gasteiger partial charge in [-0.1, -0.05) is 11.8 Å². The minimum absolute atomic E-state index is 0.0995. The second kappa shape index (κ2) is 5.97. The summed E-state index contributed by atoms with van der Waals surface area (Å²) in [5.41, 5.74) is 0.795. The van der Waals surface area contributed by atoms with Gasteiger partial charge < -0.3 is 14.2 Å². The van der Waals surface area contributed by atoms with E-state index in [4.69, 9.17) is 14.2 Å². The highest BCUT2D eigenvalue weighted by Gasteiger charge is 2.10. The lowest BCUT2D eigenvalue weighted by molar-refractivity contribution is -0.141. The fraction of sp³-hybridized carbons (Fsp3) is 0.357. The standard InChI is InChI=1S/C14H14O4/c1-2-16-14(15)5-3-4-11-6-7-12-13(10-11)18-9-8-17-12/h6-7,10H,2,5,8-9H2,1H3. The number of esters is 1. The molecule has 0 atom stereocenters. The molecule has 0 fully saturated rings. The summed E-state index contributed by atoms with van der Waals surface area (Å²) in [5, 5.41) is 0. The SMILES string of the molecule is CCOC(=O)CC#Cc1ccc2c(c1)OCCO2. The van der Waals surface area contributed by atoms with Crippen LogP contribution in [0.25, 0.3) is 0 Å². The van der Waals surface area contributed by atoms with Gasteiger partial charge >= 0.3 is 5.97 Å². The Morgan fingerprint density at radius 3 is 2.89 bits per heavy atom. The molecule has 0 saturated heterocycles. The third-order valence-corrected chi connectivity index (χ3v) is 2.31. The van der Waals surface area contributed by atoms with Gasteiger partial charge in [0.25, 0.3) is 0 Å². The molecule has 94 valence electrons. The van der Waals surface area contributed by atoms with Gasteiger partial charge in [-0.25, -0.2) is 0 Å². The number of carbonyl (C=O) groups excluding carboxylic acids is 1. The summed E-state index contributed by atoms with van der Waals surface area (Å²) in [7, 11) is 0. The predicted molar refractivity (Wildman–Crippen MR) is 65.6 cm³/mol. The fourth-order valence-corrected chi connectivity index (χ4v) is 1.55. The molecule has 0 aliphatic carbocycles. The first-order chi connectivity index (χ1) is 8.79. The maximum atomic E-state index is 11.1. The number of carbonyl (C=O) groups is 1. The van der Waals surface area contributed by atoms with Gasteiger partial charge in [-0.05, 0) is 25.1 Å². The van der Waals surface area contributed by atoms with Gasteiger partial charge in [0.1, 0.15) is 19.6 Å². The molecule has 0 aromatic heterocycles. The van der Waals surface area contributed by atoms with Crippen molar-refractivity contribution in [3.63, 3.8) is 0 Å². The molecule has 0 radical (unpaired) electrons. The fourth-order valence-electron chi connectivity index (χ4n) is 1.55. The van der Waals surface area contributed by atoms with Crippen molar-refractivity contribution >= 4 is 5.97 Å². The maximum Gasteiger partial charge on any atom is 0.317 e. The Hall–Kier alpha value is -2.15. The van der Waals surface area contributed by atoms with E-state index in [1.165, 1.54) is 0 Å². The van der Waals surface area contributed by atoms with Gasteiger partial charge in [-0.2, -0.15) is 0 Å². The van der Waals surface area contributed by atoms with Gasteiger partial charge in [0, 0.05) is 5.56 Å². The number of hydrogen-bond donors (Lipinski definition) is 0. The van der Waals surface area contributed by atoms with E-state index in [9.17, 15) is 4.79 Å². The zero-order valence-corrected chi connectivity index (χ0v) is 10.2. The van der Waals surface area contributed by atoms with Gasteiger partial charge in [-0.15, -0.1) is 0 Å². The molecular formula is C14H14O4. The van der Waals surface area contributed by atoms with Gasteiger partial charge in [0.15, 0.2) is 11.5 Å². The quantitative estimate of drug-likeness (QED) is 0.589. The molecule has 1 aromatic carbocycles. The van der Waals surface area contributed by atoms with E-state index in [0.29, 0.717) is 25.6 Å². The highest BCUT2D eigenvalue weighted by atomic mass is 16.6. The van der Waals surface area contributed by atoms with Crippen molar-refractivity contribution in [1.82, 2.24) is 0 Å². The molecule has 1 aliphatic rings. The largest absolute Gasteiger partial charge is 0.486 e. The molecule has 0 spiro atoms. The number of rotatable bonds is 2. The molecule has 4 nitrogen and oxygen atoms in total. The van der Waals surface area contributed by atoms with Crippen LogP contribution in [0.4, 0.5) is 0 Å². The third kappa shape index (κ3) is 3.17. The first-order valence-electron chi connectivity index (χ1n) is 5.83. The van der Waals surface area contributed by atoms with Crippen molar-refractivity contribution in [3.8, 4) is 23.3 Å². The first kappa shape index (κ1) is 12.3. The van der Waals surface area contributed by atoms with E-state index in [1.54, 1.807) is 6.92 Å². The summed E-state index contributed by atoms with van der Waals surface area (Å²) in [6, 6.07) is 5.47. The van der Waals surface area contributed by atoms with Crippen molar-refractivity contribution in [3.05, 3.63) is 23.8 Å². The first-order valence-corrected chi connectivity index (χ1v) is 5.83. The minimum Gasteiger partial charge on any atom is -0.486 e. The average molecular weight is 246 g/mol. The normalized spacial score (nSPS) is 12.3. The monoisotopic (exact) mass is 246 g/mol. The van der Waals surface area contributed by atoms with Crippen molar-refractivity contribution in [1.29, 1.82) is 0 Å². The van der Waals surface area contributed by atoms with Gasteiger partial charge in [-0.3, -0.25) is 4.79 Å². The van der Waals surface area contributed by atoms with Crippen LogP contribution in [-0.2, 0) is 9.53 Å². The van der Waals surface area contributed by atoms with E-state index < -0.39 is 0 Å². The van der Waals surface area contributed by atoms with Crippen LogP contribution in [0.1, 0.15) is 18.9 Å². The van der Waals surface area contributed by atoms with E-state index in [0.717, 1.165) is 11.3 Å². The zero-order chi connectivity index (χ0) is 12.8. The van der Waals surface area contributed by atoms with E-state index in [2.05, 4.69) is 11.8 Å². The Kier molecular flexibility index (Phi) is 4.08. The molecule has 1 aliphatic heterocycles. The van der Waals surface area contributed by atoms with Gasteiger partial charge in [0.05, 0.1) is 6.61 Å². The summed E-state index contributed by atoms with van der Waals surface area (Å²) in [6.07, 6.45) is 0.0995. The molecule has 2 rings (SSSR count). The number of ether oxygens (including phenoxy) is 3. The summed E-state index contributed by atoms with van der Waals surface area (Å²) >= 11 is 0. The lowest BCUT2D eigenvalue weighted by Crippen LogP contribution is -2.15. The Morgan fingerprint density at radius 1 is 1.33 bits per heavy atom. The van der Waals surface area contributed by atoms with E-state index in [-0.39, 0.29) is 12.4 Å². The molecule has 1 heterocycles. The highest BCUT2D eigenvalue weighted by molar-refractivity contribution is 5.72. The van der Waals surface area contributed by atoms with Crippen LogP contribution < -0.4 is 9.47 Å². The molecule has 1 aromatic rings. The smallest absolute Gasteiger partial charge is 0.317 e. The Labute approximate surface area is 106 Å². The maximum absolute atomic E-state index is 11.1. The van der Waals surface area contributed by atoms with Crippen LogP contribution in [0.3, 0.4) is 0 Å². The van der Waals surface area contributed by atoms with Crippen LogP contribution in [0.15, 0.2) is 18.2 Å². The van der Waals surface area contributed by atoms with Crippen molar-refractivity contribution in [2.24, 2.45) is 0 Å². The van der Waals surface area contributed by atoms with Crippen molar-refractivity contribution in [2.45, 2.75) is 13.3 Å². The van der Waals surface area contributed by atoms with Crippen molar-refractivity contribution in [2.75, 3.05) is 19.8 Å². The van der Waals surface area contributed by atoms with E-state index >= 15 is 0 Å². The van der Waals surface area contributed by atoms with E-state index in [1.807, 2.05) is 18.2 Å². The van der Waals surface area contributed by atoms with Crippen LogP contribution >= 0.6 is 0 Å². The lowest BCUT2D eigenvalue weighted by Gasteiger charge is -2.17. The zero-order valence-electron chi connectivity index (χ0n) is 10.2. The summed E-state index contributed by atoms with van der Waals surface area (Å²) in [4.78, 5) is 11.1. The number of benzene rings is 1. The van der Waals surface area contributed by atoms with Crippen LogP contribution in [0, 0.1) is 11.8 Å². The molecule has 4 heteroatoms. The second-order valence-electron chi connectivity index (χ2n) is 3.64.